The van der Waals surface area contributed by atoms with Gasteiger partial charge in [-0.1, -0.05) is 11.6 Å². The number of hydrogen-bond acceptors (Lipinski definition) is 4. The number of likely N-dealkylation sites (tertiary alicyclic amines) is 1. The largest absolute Gasteiger partial charge is 0.296 e. The van der Waals surface area contributed by atoms with E-state index in [-0.39, 0.29) is 11.8 Å². The molecule has 114 valence electrons. The van der Waals surface area contributed by atoms with Crippen molar-refractivity contribution in [3.63, 3.8) is 0 Å². The molecule has 6 nitrogen and oxygen atoms in total. The first-order valence-corrected chi connectivity index (χ1v) is 8.82. The van der Waals surface area contributed by atoms with E-state index in [0.717, 1.165) is 30.6 Å². The fourth-order valence-electron chi connectivity index (χ4n) is 2.91. The van der Waals surface area contributed by atoms with Gasteiger partial charge in [-0.15, -0.1) is 0 Å². The molecule has 1 atom stereocenters. The quantitative estimate of drug-likeness (QED) is 0.883. The van der Waals surface area contributed by atoms with Gasteiger partial charge in [-0.2, -0.15) is 5.10 Å². The van der Waals surface area contributed by atoms with E-state index < -0.39 is 10.0 Å². The first-order chi connectivity index (χ1) is 9.29. The molecule has 0 saturated carbocycles. The Labute approximate surface area is 124 Å². The first kappa shape index (κ1) is 15.8. The zero-order chi connectivity index (χ0) is 14.9. The summed E-state index contributed by atoms with van der Waals surface area (Å²) in [4.78, 5) is 2.28. The van der Waals surface area contributed by atoms with Crippen molar-refractivity contribution in [2.24, 2.45) is 12.2 Å². The van der Waals surface area contributed by atoms with Gasteiger partial charge in [0.25, 0.3) is 0 Å². The van der Waals surface area contributed by atoms with Crippen LogP contribution in [0.5, 0.6) is 0 Å². The zero-order valence-electron chi connectivity index (χ0n) is 11.8. The van der Waals surface area contributed by atoms with Crippen LogP contribution in [0.1, 0.15) is 36.6 Å². The summed E-state index contributed by atoms with van der Waals surface area (Å²) in [5.41, 5.74) is 2.02. The average Bonchev–Trinajstić information content (AvgIpc) is 2.84. The molecule has 8 heteroatoms. The van der Waals surface area contributed by atoms with Gasteiger partial charge in [0.1, 0.15) is 5.15 Å². The van der Waals surface area contributed by atoms with E-state index in [1.54, 1.807) is 4.68 Å². The SMILES string of the molecule is Cc1nn(C)c(Cl)c1[C@H]1CCCN1CCCS(N)(=O)=O. The number of hydrogen-bond donors (Lipinski definition) is 1. The predicted molar refractivity (Wildman–Crippen MR) is 79.1 cm³/mol. The summed E-state index contributed by atoms with van der Waals surface area (Å²) in [6, 6.07) is 0.233. The number of nitrogens with two attached hydrogens (primary N) is 1. The van der Waals surface area contributed by atoms with E-state index in [1.165, 1.54) is 0 Å². The van der Waals surface area contributed by atoms with Crippen molar-refractivity contribution in [1.82, 2.24) is 14.7 Å². The molecule has 1 aromatic rings. The molecule has 0 bridgehead atoms. The standard InChI is InChI=1S/C12H21ClN4O2S/c1-9-11(12(13)16(2)15-9)10-5-3-6-17(10)7-4-8-20(14,18)19/h10H,3-8H2,1-2H3,(H2,14,18,19)/t10-/m1/s1. The third-order valence-corrected chi connectivity index (χ3v) is 5.07. The number of sulfonamides is 1. The van der Waals surface area contributed by atoms with Crippen LogP contribution < -0.4 is 5.14 Å². The third-order valence-electron chi connectivity index (χ3n) is 3.77. The highest BCUT2D eigenvalue weighted by molar-refractivity contribution is 7.89. The minimum atomic E-state index is -3.38. The van der Waals surface area contributed by atoms with Gasteiger partial charge in [-0.25, -0.2) is 13.6 Å². The molecular formula is C12H21ClN4O2S. The van der Waals surface area contributed by atoms with Crippen LogP contribution >= 0.6 is 11.6 Å². The Bertz CT molecular complexity index is 585. The van der Waals surface area contributed by atoms with Gasteiger partial charge < -0.3 is 0 Å². The lowest BCUT2D eigenvalue weighted by molar-refractivity contribution is 0.257. The molecule has 20 heavy (non-hydrogen) atoms. The van der Waals surface area contributed by atoms with Crippen molar-refractivity contribution in [1.29, 1.82) is 0 Å². The first-order valence-electron chi connectivity index (χ1n) is 6.73. The van der Waals surface area contributed by atoms with E-state index in [1.807, 2.05) is 14.0 Å². The number of aryl methyl sites for hydroxylation is 2. The Morgan fingerprint density at radius 1 is 1.50 bits per heavy atom. The molecule has 1 aliphatic heterocycles. The van der Waals surface area contributed by atoms with Crippen LogP contribution in [0.15, 0.2) is 0 Å². The Kier molecular flexibility index (Phi) is 4.73. The Hall–Kier alpha value is -0.630. The Morgan fingerprint density at radius 3 is 2.75 bits per heavy atom. The molecule has 1 fully saturated rings. The summed E-state index contributed by atoms with van der Waals surface area (Å²) in [6.07, 6.45) is 2.67. The number of nitrogens with zero attached hydrogens (tertiary/aromatic N) is 3. The molecular weight excluding hydrogens is 300 g/mol. The van der Waals surface area contributed by atoms with Crippen LogP contribution in [-0.4, -0.2) is 41.9 Å². The van der Waals surface area contributed by atoms with Crippen molar-refractivity contribution in [3.8, 4) is 0 Å². The highest BCUT2D eigenvalue weighted by atomic mass is 35.5. The summed E-state index contributed by atoms with van der Waals surface area (Å²) >= 11 is 6.32. The van der Waals surface area contributed by atoms with Gasteiger partial charge in [0.2, 0.25) is 10.0 Å². The summed E-state index contributed by atoms with van der Waals surface area (Å²) < 4.78 is 23.7. The second-order valence-electron chi connectivity index (χ2n) is 5.33. The summed E-state index contributed by atoms with van der Waals surface area (Å²) in [6.45, 7) is 3.63. The fraction of sp³-hybridized carbons (Fsp3) is 0.750. The Balaban J connectivity index is 2.07. The lowest BCUT2D eigenvalue weighted by atomic mass is 10.1. The van der Waals surface area contributed by atoms with Crippen LogP contribution in [0, 0.1) is 6.92 Å². The number of halogens is 1. The third kappa shape index (κ3) is 3.52. The minimum Gasteiger partial charge on any atom is -0.296 e. The minimum absolute atomic E-state index is 0.0238. The highest BCUT2D eigenvalue weighted by Gasteiger charge is 2.30. The number of rotatable bonds is 5. The maximum absolute atomic E-state index is 11.0. The molecule has 0 aliphatic carbocycles. The second-order valence-corrected chi connectivity index (χ2v) is 7.42. The zero-order valence-corrected chi connectivity index (χ0v) is 13.4. The van der Waals surface area contributed by atoms with Gasteiger partial charge in [-0.3, -0.25) is 9.58 Å². The normalized spacial score (nSPS) is 20.7. The summed E-state index contributed by atoms with van der Waals surface area (Å²) in [5.74, 6) is 0.0238. The van der Waals surface area contributed by atoms with Gasteiger partial charge in [-0.05, 0) is 39.3 Å². The molecule has 0 spiro atoms. The van der Waals surface area contributed by atoms with Crippen molar-refractivity contribution >= 4 is 21.6 Å². The van der Waals surface area contributed by atoms with Crippen molar-refractivity contribution in [3.05, 3.63) is 16.4 Å². The summed E-state index contributed by atoms with van der Waals surface area (Å²) in [5, 5.41) is 10.1. The van der Waals surface area contributed by atoms with E-state index in [9.17, 15) is 8.42 Å². The molecule has 2 heterocycles. The van der Waals surface area contributed by atoms with Gasteiger partial charge in [0.15, 0.2) is 0 Å². The molecule has 2 N–H and O–H groups in total. The molecule has 0 amide bonds. The number of primary sulfonamides is 1. The molecule has 1 aromatic heterocycles. The lowest BCUT2D eigenvalue weighted by Gasteiger charge is -2.24. The highest BCUT2D eigenvalue weighted by Crippen LogP contribution is 2.37. The van der Waals surface area contributed by atoms with Crippen LogP contribution in [0.4, 0.5) is 0 Å². The molecule has 1 saturated heterocycles. The Morgan fingerprint density at radius 2 is 2.20 bits per heavy atom. The maximum Gasteiger partial charge on any atom is 0.209 e. The van der Waals surface area contributed by atoms with Crippen LogP contribution in [-0.2, 0) is 17.1 Å². The van der Waals surface area contributed by atoms with E-state index in [4.69, 9.17) is 16.7 Å². The lowest BCUT2D eigenvalue weighted by Crippen LogP contribution is -2.27. The predicted octanol–water partition coefficient (Wildman–Crippen LogP) is 1.20. The topological polar surface area (TPSA) is 81.2 Å². The van der Waals surface area contributed by atoms with Crippen molar-refractivity contribution in [2.45, 2.75) is 32.2 Å². The van der Waals surface area contributed by atoms with Crippen LogP contribution in [0.3, 0.4) is 0 Å². The molecule has 0 radical (unpaired) electrons. The van der Waals surface area contributed by atoms with Crippen LogP contribution in [0.2, 0.25) is 5.15 Å². The van der Waals surface area contributed by atoms with Crippen molar-refractivity contribution < 1.29 is 8.42 Å². The molecule has 0 aromatic carbocycles. The van der Waals surface area contributed by atoms with Gasteiger partial charge >= 0.3 is 0 Å². The van der Waals surface area contributed by atoms with Crippen molar-refractivity contribution in [2.75, 3.05) is 18.8 Å². The van der Waals surface area contributed by atoms with Gasteiger partial charge in [0.05, 0.1) is 11.4 Å². The van der Waals surface area contributed by atoms with E-state index in [0.29, 0.717) is 18.1 Å². The summed E-state index contributed by atoms with van der Waals surface area (Å²) in [7, 11) is -1.55. The molecule has 2 rings (SSSR count). The monoisotopic (exact) mass is 320 g/mol. The molecule has 1 aliphatic rings. The number of aromatic nitrogens is 2. The van der Waals surface area contributed by atoms with Gasteiger partial charge in [0, 0.05) is 18.7 Å². The van der Waals surface area contributed by atoms with E-state index in [2.05, 4.69) is 10.00 Å². The average molecular weight is 321 g/mol. The fourth-order valence-corrected chi connectivity index (χ4v) is 3.75. The maximum atomic E-state index is 11.0. The smallest absolute Gasteiger partial charge is 0.209 e. The molecule has 0 unspecified atom stereocenters. The van der Waals surface area contributed by atoms with Crippen LogP contribution in [0.25, 0.3) is 0 Å². The second kappa shape index (κ2) is 6.01. The van der Waals surface area contributed by atoms with E-state index >= 15 is 0 Å².